The first kappa shape index (κ1) is 27.9. The van der Waals surface area contributed by atoms with Crippen LogP contribution in [0.3, 0.4) is 0 Å². The highest BCUT2D eigenvalue weighted by molar-refractivity contribution is 5.88. The number of nitrogens with zero attached hydrogens (tertiary/aromatic N) is 5. The third kappa shape index (κ3) is 6.57. The van der Waals surface area contributed by atoms with E-state index in [9.17, 15) is 9.59 Å². The van der Waals surface area contributed by atoms with Gasteiger partial charge >= 0.3 is 0 Å². The minimum atomic E-state index is -1.07. The summed E-state index contributed by atoms with van der Waals surface area (Å²) in [6.07, 6.45) is 3.25. The van der Waals surface area contributed by atoms with Crippen molar-refractivity contribution in [2.24, 2.45) is 0 Å². The molecule has 13 nitrogen and oxygen atoms in total. The van der Waals surface area contributed by atoms with Gasteiger partial charge in [-0.3, -0.25) is 9.59 Å². The van der Waals surface area contributed by atoms with Crippen LogP contribution in [0.15, 0.2) is 57.6 Å². The summed E-state index contributed by atoms with van der Waals surface area (Å²) in [5.74, 6) is 1.96. The Hall–Kier alpha value is -4.65. The van der Waals surface area contributed by atoms with Gasteiger partial charge in [0, 0.05) is 18.7 Å². The molecule has 1 saturated heterocycles. The Labute approximate surface area is 236 Å². The quantitative estimate of drug-likeness (QED) is 0.272. The molecule has 0 saturated carbocycles. The molecule has 0 radical (unpaired) electrons. The van der Waals surface area contributed by atoms with E-state index in [2.05, 4.69) is 20.7 Å². The van der Waals surface area contributed by atoms with E-state index in [1.54, 1.807) is 56.5 Å². The molecule has 216 valence electrons. The summed E-state index contributed by atoms with van der Waals surface area (Å²) in [5.41, 5.74) is 0.631. The standard InChI is InChI=1S/C28H32N6O7/c1-18-8-10-23(41-18)26(28(36)29-15-20-6-4-12-39-20)33(16-21-7-5-13-40-21)25(35)17-34-31-27(30-32-34)19-9-11-22(37-2)24(14-19)38-3/h5,7-11,13-14,20,26H,4,6,12,15-17H2,1-3H3,(H,29,36)/t20-,26+/m1/s1. The first-order valence-corrected chi connectivity index (χ1v) is 13.2. The van der Waals surface area contributed by atoms with E-state index >= 15 is 0 Å². The number of hydrogen-bond donors (Lipinski definition) is 1. The number of rotatable bonds is 12. The fourth-order valence-corrected chi connectivity index (χ4v) is 4.65. The maximum Gasteiger partial charge on any atom is 0.250 e. The highest BCUT2D eigenvalue weighted by Gasteiger charge is 2.35. The van der Waals surface area contributed by atoms with Crippen LogP contribution in [-0.2, 0) is 27.4 Å². The smallest absolute Gasteiger partial charge is 0.250 e. The fraction of sp³-hybridized carbons (Fsp3) is 0.393. The first-order chi connectivity index (χ1) is 19.9. The average Bonchev–Trinajstić information content (AvgIpc) is 3.80. The molecule has 4 aromatic rings. The number of hydrogen-bond acceptors (Lipinski definition) is 10. The van der Waals surface area contributed by atoms with E-state index < -0.39 is 17.9 Å². The Bertz CT molecular complexity index is 1460. The molecule has 0 spiro atoms. The lowest BCUT2D eigenvalue weighted by Gasteiger charge is -2.29. The lowest BCUT2D eigenvalue weighted by atomic mass is 10.1. The zero-order chi connectivity index (χ0) is 28.8. The van der Waals surface area contributed by atoms with Crippen molar-refractivity contribution < 1.29 is 32.6 Å². The highest BCUT2D eigenvalue weighted by atomic mass is 16.5. The normalized spacial score (nSPS) is 15.4. The van der Waals surface area contributed by atoms with E-state index in [0.29, 0.717) is 53.3 Å². The number of aryl methyl sites for hydroxylation is 1. The second-order valence-electron chi connectivity index (χ2n) is 9.55. The molecular weight excluding hydrogens is 532 g/mol. The van der Waals surface area contributed by atoms with Crippen molar-refractivity contribution in [3.05, 3.63) is 66.0 Å². The SMILES string of the molecule is COc1ccc(-c2nnn(CC(=O)N(Cc3ccco3)[C@H](C(=O)NC[C@H]3CCCO3)c3ccc(C)o3)n2)cc1OC. The van der Waals surface area contributed by atoms with Crippen LogP contribution in [-0.4, -0.2) is 70.4 Å². The Morgan fingerprint density at radius 3 is 2.71 bits per heavy atom. The van der Waals surface area contributed by atoms with Crippen molar-refractivity contribution >= 4 is 11.8 Å². The number of furan rings is 2. The van der Waals surface area contributed by atoms with Gasteiger partial charge in [0.25, 0.3) is 5.91 Å². The van der Waals surface area contributed by atoms with Crippen molar-refractivity contribution in [1.29, 1.82) is 0 Å². The van der Waals surface area contributed by atoms with E-state index in [-0.39, 0.29) is 19.2 Å². The van der Waals surface area contributed by atoms with Crippen LogP contribution < -0.4 is 14.8 Å². The molecule has 1 aromatic carbocycles. The molecule has 0 bridgehead atoms. The summed E-state index contributed by atoms with van der Waals surface area (Å²) in [6.45, 7) is 2.51. The lowest BCUT2D eigenvalue weighted by Crippen LogP contribution is -2.46. The van der Waals surface area contributed by atoms with Gasteiger partial charge in [0.05, 0.1) is 33.1 Å². The van der Waals surface area contributed by atoms with Crippen molar-refractivity contribution in [2.45, 2.75) is 45.0 Å². The van der Waals surface area contributed by atoms with Crippen LogP contribution in [0.5, 0.6) is 11.5 Å². The summed E-state index contributed by atoms with van der Waals surface area (Å²) in [7, 11) is 3.08. The lowest BCUT2D eigenvalue weighted by molar-refractivity contribution is -0.143. The van der Waals surface area contributed by atoms with Gasteiger partial charge in [-0.25, -0.2) is 0 Å². The molecule has 1 aliphatic rings. The second-order valence-corrected chi connectivity index (χ2v) is 9.55. The summed E-state index contributed by atoms with van der Waals surface area (Å²) in [4.78, 5) is 30.0. The number of carbonyl (C=O) groups excluding carboxylic acids is 2. The zero-order valence-corrected chi connectivity index (χ0v) is 23.1. The number of amides is 2. The number of tetrazole rings is 1. The van der Waals surface area contributed by atoms with Gasteiger partial charge in [0.2, 0.25) is 11.7 Å². The van der Waals surface area contributed by atoms with E-state index in [1.807, 2.05) is 0 Å². The predicted molar refractivity (Wildman–Crippen MR) is 144 cm³/mol. The third-order valence-electron chi connectivity index (χ3n) is 6.72. The molecular formula is C28H32N6O7. The molecule has 0 aliphatic carbocycles. The summed E-state index contributed by atoms with van der Waals surface area (Å²) >= 11 is 0. The fourth-order valence-electron chi connectivity index (χ4n) is 4.65. The van der Waals surface area contributed by atoms with Crippen LogP contribution >= 0.6 is 0 Å². The van der Waals surface area contributed by atoms with Gasteiger partial charge in [-0.05, 0) is 67.4 Å². The molecule has 5 rings (SSSR count). The van der Waals surface area contributed by atoms with Crippen LogP contribution in [0.25, 0.3) is 11.4 Å². The molecule has 2 amide bonds. The first-order valence-electron chi connectivity index (χ1n) is 13.2. The third-order valence-corrected chi connectivity index (χ3v) is 6.72. The Morgan fingerprint density at radius 2 is 2.02 bits per heavy atom. The van der Waals surface area contributed by atoms with E-state index in [1.165, 1.54) is 23.1 Å². The molecule has 1 N–H and O–H groups in total. The number of ether oxygens (including phenoxy) is 3. The number of nitrogens with one attached hydrogen (secondary N) is 1. The zero-order valence-electron chi connectivity index (χ0n) is 23.1. The van der Waals surface area contributed by atoms with Crippen molar-refractivity contribution in [1.82, 2.24) is 30.4 Å². The molecule has 1 aliphatic heterocycles. The minimum absolute atomic E-state index is 0.0147. The van der Waals surface area contributed by atoms with Gasteiger partial charge < -0.3 is 33.3 Å². The van der Waals surface area contributed by atoms with Crippen molar-refractivity contribution in [3.63, 3.8) is 0 Å². The molecule has 2 atom stereocenters. The Balaban J connectivity index is 1.40. The van der Waals surface area contributed by atoms with Crippen molar-refractivity contribution in [3.8, 4) is 22.9 Å². The molecule has 13 heteroatoms. The monoisotopic (exact) mass is 564 g/mol. The second kappa shape index (κ2) is 12.7. The highest BCUT2D eigenvalue weighted by Crippen LogP contribution is 2.31. The van der Waals surface area contributed by atoms with Crippen LogP contribution in [0, 0.1) is 6.92 Å². The Kier molecular flexibility index (Phi) is 8.63. The summed E-state index contributed by atoms with van der Waals surface area (Å²) in [5, 5.41) is 15.5. The van der Waals surface area contributed by atoms with Crippen LogP contribution in [0.2, 0.25) is 0 Å². The molecule has 0 unspecified atom stereocenters. The number of methoxy groups -OCH3 is 2. The van der Waals surface area contributed by atoms with Gasteiger partial charge in [0.1, 0.15) is 23.8 Å². The van der Waals surface area contributed by atoms with Gasteiger partial charge in [-0.1, -0.05) is 0 Å². The Morgan fingerprint density at radius 1 is 1.17 bits per heavy atom. The van der Waals surface area contributed by atoms with E-state index in [4.69, 9.17) is 23.0 Å². The largest absolute Gasteiger partial charge is 0.493 e. The maximum absolute atomic E-state index is 13.8. The summed E-state index contributed by atoms with van der Waals surface area (Å²) < 4.78 is 27.7. The molecule has 41 heavy (non-hydrogen) atoms. The molecule has 4 heterocycles. The summed E-state index contributed by atoms with van der Waals surface area (Å²) in [6, 6.07) is 11.0. The van der Waals surface area contributed by atoms with Gasteiger partial charge in [-0.15, -0.1) is 10.2 Å². The van der Waals surface area contributed by atoms with Gasteiger partial charge in [-0.2, -0.15) is 4.80 Å². The topological polar surface area (TPSA) is 147 Å². The number of benzene rings is 1. The number of carbonyl (C=O) groups is 2. The molecule has 1 fully saturated rings. The van der Waals surface area contributed by atoms with E-state index in [0.717, 1.165) is 12.8 Å². The average molecular weight is 565 g/mol. The predicted octanol–water partition coefficient (Wildman–Crippen LogP) is 2.92. The van der Waals surface area contributed by atoms with Crippen LogP contribution in [0.4, 0.5) is 0 Å². The number of aromatic nitrogens is 4. The molecule has 3 aromatic heterocycles. The van der Waals surface area contributed by atoms with Gasteiger partial charge in [0.15, 0.2) is 17.5 Å². The van der Waals surface area contributed by atoms with Crippen molar-refractivity contribution in [2.75, 3.05) is 27.4 Å². The van der Waals surface area contributed by atoms with Crippen LogP contribution in [0.1, 0.15) is 36.2 Å². The maximum atomic E-state index is 13.8. The minimum Gasteiger partial charge on any atom is -0.493 e.